The average molecular weight is 484 g/mol. The SMILES string of the molecule is CC[C@H](C(=O)N1CCc2cc(OC)c(OC)cc2[C@@H]1c1cccc(C(F)(F)F)c1)c1ccccc1. The Hall–Kier alpha value is -3.48. The van der Waals surface area contributed by atoms with Crippen LogP contribution >= 0.6 is 0 Å². The molecular formula is C28H28F3NO3. The Balaban J connectivity index is 1.86. The van der Waals surface area contributed by atoms with Crippen molar-refractivity contribution in [1.29, 1.82) is 0 Å². The van der Waals surface area contributed by atoms with Crippen LogP contribution in [0.4, 0.5) is 13.2 Å². The van der Waals surface area contributed by atoms with Crippen molar-refractivity contribution in [2.75, 3.05) is 20.8 Å². The van der Waals surface area contributed by atoms with Gasteiger partial charge in [-0.05, 0) is 59.4 Å². The van der Waals surface area contributed by atoms with Crippen LogP contribution in [0.1, 0.15) is 53.1 Å². The van der Waals surface area contributed by atoms with E-state index in [2.05, 4.69) is 0 Å². The lowest BCUT2D eigenvalue weighted by molar-refractivity contribution is -0.137. The highest BCUT2D eigenvalue weighted by Crippen LogP contribution is 2.43. The predicted octanol–water partition coefficient (Wildman–Crippen LogP) is 6.39. The van der Waals surface area contributed by atoms with Gasteiger partial charge in [-0.1, -0.05) is 49.4 Å². The number of alkyl halides is 3. The number of fused-ring (bicyclic) bond motifs is 1. The van der Waals surface area contributed by atoms with Gasteiger partial charge in [0.1, 0.15) is 0 Å². The van der Waals surface area contributed by atoms with Crippen LogP contribution in [-0.4, -0.2) is 31.6 Å². The van der Waals surface area contributed by atoms with Crippen LogP contribution in [0.15, 0.2) is 66.7 Å². The fraction of sp³-hybridized carbons (Fsp3) is 0.321. The normalized spacial score (nSPS) is 16.4. The summed E-state index contributed by atoms with van der Waals surface area (Å²) in [5.41, 5.74) is 2.21. The number of halogens is 3. The molecule has 1 aliphatic heterocycles. The van der Waals surface area contributed by atoms with Gasteiger partial charge in [0.05, 0.1) is 31.7 Å². The minimum atomic E-state index is -4.49. The van der Waals surface area contributed by atoms with E-state index >= 15 is 0 Å². The minimum absolute atomic E-state index is 0.110. The largest absolute Gasteiger partial charge is 0.493 e. The molecule has 184 valence electrons. The van der Waals surface area contributed by atoms with Gasteiger partial charge in [0, 0.05) is 6.54 Å². The standard InChI is InChI=1S/C28H28F3NO3/c1-4-22(18-9-6-5-7-10-18)27(33)32-14-13-19-16-24(34-2)25(35-3)17-23(19)26(32)20-11-8-12-21(15-20)28(29,30)31/h5-12,15-17,22,26H,4,13-14H2,1-3H3/t22-,26-/m0/s1. The lowest BCUT2D eigenvalue weighted by Crippen LogP contribution is -2.43. The van der Waals surface area contributed by atoms with E-state index < -0.39 is 23.7 Å². The molecule has 1 aliphatic rings. The average Bonchev–Trinajstić information content (AvgIpc) is 2.87. The van der Waals surface area contributed by atoms with Crippen LogP contribution < -0.4 is 9.47 Å². The van der Waals surface area contributed by atoms with Crippen molar-refractivity contribution in [3.63, 3.8) is 0 Å². The molecule has 0 radical (unpaired) electrons. The van der Waals surface area contributed by atoms with Crippen LogP contribution in [0.5, 0.6) is 11.5 Å². The lowest BCUT2D eigenvalue weighted by atomic mass is 9.85. The van der Waals surface area contributed by atoms with Crippen molar-refractivity contribution < 1.29 is 27.4 Å². The summed E-state index contributed by atoms with van der Waals surface area (Å²) in [6, 6.07) is 17.7. The number of amides is 1. The Morgan fingerprint density at radius 2 is 1.69 bits per heavy atom. The zero-order chi connectivity index (χ0) is 25.2. The van der Waals surface area contributed by atoms with E-state index in [9.17, 15) is 18.0 Å². The molecule has 7 heteroatoms. The monoisotopic (exact) mass is 483 g/mol. The first-order valence-electron chi connectivity index (χ1n) is 11.6. The highest BCUT2D eigenvalue weighted by atomic mass is 19.4. The maximum Gasteiger partial charge on any atom is 0.416 e. The summed E-state index contributed by atoms with van der Waals surface area (Å²) in [7, 11) is 3.05. The molecule has 0 N–H and O–H groups in total. The zero-order valence-electron chi connectivity index (χ0n) is 19.9. The summed E-state index contributed by atoms with van der Waals surface area (Å²) in [6.45, 7) is 2.33. The Bertz CT molecular complexity index is 1190. The lowest BCUT2D eigenvalue weighted by Gasteiger charge is -2.40. The van der Waals surface area contributed by atoms with Gasteiger partial charge < -0.3 is 14.4 Å². The summed E-state index contributed by atoms with van der Waals surface area (Å²) >= 11 is 0. The fourth-order valence-corrected chi connectivity index (χ4v) is 4.87. The summed E-state index contributed by atoms with van der Waals surface area (Å²) in [6.07, 6.45) is -3.36. The molecule has 0 aliphatic carbocycles. The van der Waals surface area contributed by atoms with Gasteiger partial charge in [-0.3, -0.25) is 4.79 Å². The van der Waals surface area contributed by atoms with E-state index in [0.29, 0.717) is 36.4 Å². The molecule has 0 bridgehead atoms. The van der Waals surface area contributed by atoms with Crippen LogP contribution in [0, 0.1) is 0 Å². The third-order valence-electron chi connectivity index (χ3n) is 6.59. The number of nitrogens with zero attached hydrogens (tertiary/aromatic N) is 1. The second kappa shape index (κ2) is 10.0. The predicted molar refractivity (Wildman–Crippen MR) is 128 cm³/mol. The molecule has 3 aromatic rings. The van der Waals surface area contributed by atoms with E-state index in [0.717, 1.165) is 28.8 Å². The number of carbonyl (C=O) groups is 1. The molecule has 3 aromatic carbocycles. The van der Waals surface area contributed by atoms with E-state index in [-0.39, 0.29) is 5.91 Å². The van der Waals surface area contributed by atoms with Crippen LogP contribution in [-0.2, 0) is 17.4 Å². The molecule has 0 saturated heterocycles. The molecule has 4 nitrogen and oxygen atoms in total. The quantitative estimate of drug-likeness (QED) is 0.408. The smallest absolute Gasteiger partial charge is 0.416 e. The zero-order valence-corrected chi connectivity index (χ0v) is 19.9. The first-order chi connectivity index (χ1) is 16.8. The first-order valence-corrected chi connectivity index (χ1v) is 11.6. The number of ether oxygens (including phenoxy) is 2. The second-order valence-corrected chi connectivity index (χ2v) is 8.58. The maximum absolute atomic E-state index is 13.9. The summed E-state index contributed by atoms with van der Waals surface area (Å²) in [5, 5.41) is 0. The van der Waals surface area contributed by atoms with Crippen LogP contribution in [0.25, 0.3) is 0 Å². The first kappa shape index (κ1) is 24.6. The number of benzene rings is 3. The molecule has 2 atom stereocenters. The van der Waals surface area contributed by atoms with Gasteiger partial charge in [0.25, 0.3) is 0 Å². The maximum atomic E-state index is 13.9. The van der Waals surface area contributed by atoms with E-state index in [1.54, 1.807) is 24.1 Å². The Kier molecular flexibility index (Phi) is 7.05. The highest BCUT2D eigenvalue weighted by Gasteiger charge is 2.38. The van der Waals surface area contributed by atoms with Crippen molar-refractivity contribution in [2.24, 2.45) is 0 Å². The molecule has 1 amide bonds. The number of hydrogen-bond acceptors (Lipinski definition) is 3. The summed E-state index contributed by atoms with van der Waals surface area (Å²) < 4.78 is 51.7. The van der Waals surface area contributed by atoms with Gasteiger partial charge in [0.15, 0.2) is 11.5 Å². The number of rotatable bonds is 6. The van der Waals surface area contributed by atoms with Gasteiger partial charge in [-0.25, -0.2) is 0 Å². The van der Waals surface area contributed by atoms with E-state index in [4.69, 9.17) is 9.47 Å². The number of methoxy groups -OCH3 is 2. The topological polar surface area (TPSA) is 38.8 Å². The third-order valence-corrected chi connectivity index (χ3v) is 6.59. The molecule has 4 rings (SSSR count). The minimum Gasteiger partial charge on any atom is -0.493 e. The molecule has 0 saturated carbocycles. The van der Waals surface area contributed by atoms with E-state index in [1.807, 2.05) is 43.3 Å². The molecule has 0 fully saturated rings. The number of carbonyl (C=O) groups excluding carboxylic acids is 1. The summed E-state index contributed by atoms with van der Waals surface area (Å²) in [5.74, 6) is 0.505. The molecule has 35 heavy (non-hydrogen) atoms. The van der Waals surface area contributed by atoms with Gasteiger partial charge in [0.2, 0.25) is 5.91 Å². The Labute approximate surface area is 203 Å². The molecule has 1 heterocycles. The molecular weight excluding hydrogens is 455 g/mol. The van der Waals surface area contributed by atoms with Crippen molar-refractivity contribution >= 4 is 5.91 Å². The van der Waals surface area contributed by atoms with Crippen molar-refractivity contribution in [3.8, 4) is 11.5 Å². The highest BCUT2D eigenvalue weighted by molar-refractivity contribution is 5.85. The van der Waals surface area contributed by atoms with Crippen molar-refractivity contribution in [3.05, 3.63) is 94.5 Å². The molecule has 0 aromatic heterocycles. The Morgan fingerprint density at radius 1 is 1.00 bits per heavy atom. The van der Waals surface area contributed by atoms with E-state index in [1.165, 1.54) is 13.2 Å². The van der Waals surface area contributed by atoms with Crippen LogP contribution in [0.2, 0.25) is 0 Å². The Morgan fingerprint density at radius 3 is 2.31 bits per heavy atom. The summed E-state index contributed by atoms with van der Waals surface area (Å²) in [4.78, 5) is 15.6. The second-order valence-electron chi connectivity index (χ2n) is 8.58. The van der Waals surface area contributed by atoms with Crippen molar-refractivity contribution in [2.45, 2.75) is 37.9 Å². The molecule has 0 spiro atoms. The van der Waals surface area contributed by atoms with Gasteiger partial charge in [-0.15, -0.1) is 0 Å². The van der Waals surface area contributed by atoms with Crippen LogP contribution in [0.3, 0.4) is 0 Å². The fourth-order valence-electron chi connectivity index (χ4n) is 4.87. The van der Waals surface area contributed by atoms with Crippen molar-refractivity contribution in [1.82, 2.24) is 4.90 Å². The number of hydrogen-bond donors (Lipinski definition) is 0. The molecule has 0 unspecified atom stereocenters. The van der Waals surface area contributed by atoms with Gasteiger partial charge >= 0.3 is 6.18 Å². The third kappa shape index (κ3) is 4.85. The van der Waals surface area contributed by atoms with Gasteiger partial charge in [-0.2, -0.15) is 13.2 Å².